The second-order valence-corrected chi connectivity index (χ2v) is 5.17. The van der Waals surface area contributed by atoms with E-state index in [9.17, 15) is 14.4 Å². The summed E-state index contributed by atoms with van der Waals surface area (Å²) in [5, 5.41) is 2.54. The summed E-state index contributed by atoms with van der Waals surface area (Å²) < 4.78 is 15.4. The topological polar surface area (TPSA) is 104 Å². The summed E-state index contributed by atoms with van der Waals surface area (Å²) in [6.07, 6.45) is 2.86. The van der Waals surface area contributed by atoms with E-state index in [2.05, 4.69) is 10.3 Å². The van der Waals surface area contributed by atoms with E-state index in [-0.39, 0.29) is 29.4 Å². The fourth-order valence-electron chi connectivity index (χ4n) is 2.22. The van der Waals surface area contributed by atoms with Crippen LogP contribution in [0.15, 0.2) is 36.7 Å². The molecule has 1 amide bonds. The maximum atomic E-state index is 12.0. The molecule has 1 N–H and O–H groups in total. The highest BCUT2D eigenvalue weighted by atomic mass is 16.7. The molecule has 0 unspecified atom stereocenters. The molecule has 1 aliphatic heterocycles. The zero-order valence-electron chi connectivity index (χ0n) is 13.3. The number of benzene rings is 1. The number of hydrogen-bond donors (Lipinski definition) is 1. The Hall–Kier alpha value is -3.42. The summed E-state index contributed by atoms with van der Waals surface area (Å²) in [5.41, 5.74) is 0.776. The Morgan fingerprint density at radius 1 is 1.24 bits per heavy atom. The van der Waals surface area contributed by atoms with E-state index >= 15 is 0 Å². The van der Waals surface area contributed by atoms with E-state index < -0.39 is 18.5 Å². The molecule has 8 nitrogen and oxygen atoms in total. The highest BCUT2D eigenvalue weighted by molar-refractivity contribution is 6.05. The zero-order chi connectivity index (χ0) is 17.8. The number of aromatic nitrogens is 1. The van der Waals surface area contributed by atoms with Crippen LogP contribution < -0.4 is 14.8 Å². The summed E-state index contributed by atoms with van der Waals surface area (Å²) in [6, 6.07) is 6.11. The molecule has 0 fully saturated rings. The van der Waals surface area contributed by atoms with E-state index in [0.29, 0.717) is 11.5 Å². The summed E-state index contributed by atoms with van der Waals surface area (Å²) in [4.78, 5) is 39.4. The van der Waals surface area contributed by atoms with Gasteiger partial charge in [-0.3, -0.25) is 14.6 Å². The van der Waals surface area contributed by atoms with E-state index in [1.54, 1.807) is 6.07 Å². The molecule has 0 aliphatic carbocycles. The predicted octanol–water partition coefficient (Wildman–Crippen LogP) is 1.81. The standard InChI is InChI=1S/C17H14N2O6/c1-10(20)12-5-14-15(25-9-24-14)6-13(12)19-16(21)8-23-17(22)11-3-2-4-18-7-11/h2-7H,8-9H2,1H3,(H,19,21). The van der Waals surface area contributed by atoms with E-state index in [1.807, 2.05) is 0 Å². The van der Waals surface area contributed by atoms with Gasteiger partial charge in [-0.15, -0.1) is 0 Å². The number of nitrogens with one attached hydrogen (secondary N) is 1. The van der Waals surface area contributed by atoms with Crippen molar-refractivity contribution in [1.29, 1.82) is 0 Å². The summed E-state index contributed by atoms with van der Waals surface area (Å²) in [5.74, 6) is -0.640. The van der Waals surface area contributed by atoms with Crippen LogP contribution in [0.4, 0.5) is 5.69 Å². The number of rotatable bonds is 5. The number of fused-ring (bicyclic) bond motifs is 1. The second-order valence-electron chi connectivity index (χ2n) is 5.17. The first kappa shape index (κ1) is 16.4. The summed E-state index contributed by atoms with van der Waals surface area (Å²) >= 11 is 0. The molecule has 0 saturated carbocycles. The Morgan fingerprint density at radius 2 is 2.00 bits per heavy atom. The smallest absolute Gasteiger partial charge is 0.340 e. The molecule has 0 saturated heterocycles. The predicted molar refractivity (Wildman–Crippen MR) is 85.7 cm³/mol. The highest BCUT2D eigenvalue weighted by Crippen LogP contribution is 2.37. The minimum absolute atomic E-state index is 0.0484. The lowest BCUT2D eigenvalue weighted by Crippen LogP contribution is -2.22. The Morgan fingerprint density at radius 3 is 2.68 bits per heavy atom. The summed E-state index contributed by atoms with van der Waals surface area (Å²) in [6.45, 7) is 0.919. The van der Waals surface area contributed by atoms with Crippen LogP contribution in [0.3, 0.4) is 0 Å². The van der Waals surface area contributed by atoms with Crippen molar-refractivity contribution in [2.75, 3.05) is 18.7 Å². The van der Waals surface area contributed by atoms with Gasteiger partial charge in [0, 0.05) is 24.0 Å². The normalized spacial score (nSPS) is 11.7. The zero-order valence-corrected chi connectivity index (χ0v) is 13.3. The molecule has 25 heavy (non-hydrogen) atoms. The first-order valence-corrected chi connectivity index (χ1v) is 7.36. The number of carbonyl (C=O) groups is 3. The number of carbonyl (C=O) groups excluding carboxylic acids is 3. The third-order valence-electron chi connectivity index (χ3n) is 3.40. The van der Waals surface area contributed by atoms with Gasteiger partial charge in [0.1, 0.15) is 0 Å². The van der Waals surface area contributed by atoms with E-state index in [4.69, 9.17) is 14.2 Å². The van der Waals surface area contributed by atoms with Gasteiger partial charge < -0.3 is 19.5 Å². The van der Waals surface area contributed by atoms with Crippen molar-refractivity contribution in [1.82, 2.24) is 4.98 Å². The van der Waals surface area contributed by atoms with Crippen LogP contribution in [0.5, 0.6) is 11.5 Å². The number of anilines is 1. The van der Waals surface area contributed by atoms with Crippen molar-refractivity contribution in [3.63, 3.8) is 0 Å². The first-order chi connectivity index (χ1) is 12.0. The molecule has 1 aromatic heterocycles. The average molecular weight is 342 g/mol. The summed E-state index contributed by atoms with van der Waals surface area (Å²) in [7, 11) is 0. The third kappa shape index (κ3) is 3.74. The molecule has 3 rings (SSSR count). The quantitative estimate of drug-likeness (QED) is 0.653. The lowest BCUT2D eigenvalue weighted by atomic mass is 10.1. The van der Waals surface area contributed by atoms with Crippen LogP contribution in [-0.2, 0) is 9.53 Å². The lowest BCUT2D eigenvalue weighted by Gasteiger charge is -2.11. The first-order valence-electron chi connectivity index (χ1n) is 7.36. The molecule has 0 atom stereocenters. The van der Waals surface area contributed by atoms with Crippen LogP contribution >= 0.6 is 0 Å². The van der Waals surface area contributed by atoms with Crippen LogP contribution in [0, 0.1) is 0 Å². The fourth-order valence-corrected chi connectivity index (χ4v) is 2.22. The Balaban J connectivity index is 1.67. The van der Waals surface area contributed by atoms with E-state index in [0.717, 1.165) is 0 Å². The molecule has 0 bridgehead atoms. The van der Waals surface area contributed by atoms with Gasteiger partial charge in [-0.25, -0.2) is 4.79 Å². The van der Waals surface area contributed by atoms with Crippen LogP contribution in [0.2, 0.25) is 0 Å². The average Bonchev–Trinajstić information content (AvgIpc) is 3.07. The molecule has 2 heterocycles. The molecule has 8 heteroatoms. The third-order valence-corrected chi connectivity index (χ3v) is 3.40. The number of ether oxygens (including phenoxy) is 3. The number of hydrogen-bond acceptors (Lipinski definition) is 7. The molecule has 1 aliphatic rings. The lowest BCUT2D eigenvalue weighted by molar-refractivity contribution is -0.119. The van der Waals surface area contributed by atoms with E-state index in [1.165, 1.54) is 37.5 Å². The largest absolute Gasteiger partial charge is 0.454 e. The van der Waals surface area contributed by atoms with Gasteiger partial charge in [0.05, 0.1) is 11.3 Å². The van der Waals surface area contributed by atoms with Gasteiger partial charge >= 0.3 is 5.97 Å². The maximum absolute atomic E-state index is 12.0. The van der Waals surface area contributed by atoms with Crippen LogP contribution in [0.25, 0.3) is 0 Å². The highest BCUT2D eigenvalue weighted by Gasteiger charge is 2.20. The number of pyridine rings is 1. The van der Waals surface area contributed by atoms with Crippen LogP contribution in [0.1, 0.15) is 27.6 Å². The van der Waals surface area contributed by atoms with Gasteiger partial charge in [0.15, 0.2) is 23.9 Å². The maximum Gasteiger partial charge on any atom is 0.340 e. The van der Waals surface area contributed by atoms with Gasteiger partial charge in [-0.1, -0.05) is 0 Å². The van der Waals surface area contributed by atoms with Gasteiger partial charge in [0.25, 0.3) is 5.91 Å². The van der Waals surface area contributed by atoms with Crippen molar-refractivity contribution >= 4 is 23.3 Å². The molecule has 128 valence electrons. The van der Waals surface area contributed by atoms with Crippen LogP contribution in [-0.4, -0.2) is 36.0 Å². The molecule has 2 aromatic rings. The Kier molecular flexibility index (Phi) is 4.60. The molecule has 0 radical (unpaired) electrons. The van der Waals surface area contributed by atoms with Crippen molar-refractivity contribution in [3.8, 4) is 11.5 Å². The molecular weight excluding hydrogens is 328 g/mol. The van der Waals surface area contributed by atoms with Crippen molar-refractivity contribution < 1.29 is 28.6 Å². The monoisotopic (exact) mass is 342 g/mol. The Bertz CT molecular complexity index is 835. The number of nitrogens with zero attached hydrogens (tertiary/aromatic N) is 1. The number of amides is 1. The van der Waals surface area contributed by atoms with Crippen molar-refractivity contribution in [3.05, 3.63) is 47.8 Å². The fraction of sp³-hybridized carbons (Fsp3) is 0.176. The molecular formula is C17H14N2O6. The van der Waals surface area contributed by atoms with Gasteiger partial charge in [-0.05, 0) is 25.1 Å². The minimum atomic E-state index is -0.666. The second kappa shape index (κ2) is 7.00. The SMILES string of the molecule is CC(=O)c1cc2c(cc1NC(=O)COC(=O)c1cccnc1)OCO2. The van der Waals surface area contributed by atoms with Crippen molar-refractivity contribution in [2.24, 2.45) is 0 Å². The van der Waals surface area contributed by atoms with Gasteiger partial charge in [0.2, 0.25) is 6.79 Å². The molecule has 1 aromatic carbocycles. The molecule has 0 spiro atoms. The number of ketones is 1. The minimum Gasteiger partial charge on any atom is -0.454 e. The van der Waals surface area contributed by atoms with Gasteiger partial charge in [-0.2, -0.15) is 0 Å². The van der Waals surface area contributed by atoms with Crippen molar-refractivity contribution in [2.45, 2.75) is 6.92 Å². The number of esters is 1. The Labute approximate surface area is 142 Å². The number of Topliss-reactive ketones (excluding diaryl/α,β-unsaturated/α-hetero) is 1.